The van der Waals surface area contributed by atoms with Crippen molar-refractivity contribution in [3.8, 4) is 5.75 Å². The van der Waals surface area contributed by atoms with Crippen molar-refractivity contribution in [3.05, 3.63) is 78.4 Å². The van der Waals surface area contributed by atoms with Crippen molar-refractivity contribution in [3.63, 3.8) is 0 Å². The Kier molecular flexibility index (Phi) is 13.1. The molecule has 0 aromatic heterocycles. The highest BCUT2D eigenvalue weighted by Crippen LogP contribution is 2.18. The Morgan fingerprint density at radius 3 is 2.20 bits per heavy atom. The van der Waals surface area contributed by atoms with Crippen molar-refractivity contribution >= 4 is 23.8 Å². The molecule has 0 saturated heterocycles. The van der Waals surface area contributed by atoms with Gasteiger partial charge in [0.05, 0.1) is 26.6 Å². The zero-order valence-corrected chi connectivity index (χ0v) is 24.7. The number of hydrogen-bond acceptors (Lipinski definition) is 7. The summed E-state index contributed by atoms with van der Waals surface area (Å²) < 4.78 is 15.6. The molecular weight excluding hydrogens is 524 g/mol. The third-order valence-corrected chi connectivity index (χ3v) is 6.21. The first-order chi connectivity index (χ1) is 19.4. The van der Waals surface area contributed by atoms with Crippen LogP contribution in [0.1, 0.15) is 51.2 Å². The topological polar surface area (TPSA) is 111 Å². The molecule has 41 heavy (non-hydrogen) atoms. The minimum Gasteiger partial charge on any atom is -0.497 e. The summed E-state index contributed by atoms with van der Waals surface area (Å²) in [7, 11) is 2.81. The van der Waals surface area contributed by atoms with Gasteiger partial charge >= 0.3 is 11.9 Å². The fourth-order valence-corrected chi connectivity index (χ4v) is 4.21. The van der Waals surface area contributed by atoms with E-state index in [9.17, 15) is 19.2 Å². The van der Waals surface area contributed by atoms with Gasteiger partial charge in [-0.2, -0.15) is 0 Å². The van der Waals surface area contributed by atoms with Crippen LogP contribution in [0.4, 0.5) is 0 Å². The van der Waals surface area contributed by atoms with Crippen molar-refractivity contribution in [2.45, 2.75) is 64.6 Å². The zero-order chi connectivity index (χ0) is 30.4. The smallest absolute Gasteiger partial charge is 0.328 e. The third kappa shape index (κ3) is 11.9. The van der Waals surface area contributed by atoms with Crippen molar-refractivity contribution in [1.82, 2.24) is 10.2 Å². The van der Waals surface area contributed by atoms with Crippen LogP contribution < -0.4 is 10.1 Å². The predicted molar refractivity (Wildman–Crippen MR) is 156 cm³/mol. The maximum Gasteiger partial charge on any atom is 0.328 e. The van der Waals surface area contributed by atoms with Gasteiger partial charge in [0.1, 0.15) is 17.4 Å². The minimum atomic E-state index is -1.07. The van der Waals surface area contributed by atoms with Crippen LogP contribution in [0.3, 0.4) is 0 Å². The van der Waals surface area contributed by atoms with Crippen LogP contribution >= 0.6 is 0 Å². The van der Waals surface area contributed by atoms with E-state index in [1.54, 1.807) is 38.9 Å². The summed E-state index contributed by atoms with van der Waals surface area (Å²) in [6.45, 7) is 9.67. The van der Waals surface area contributed by atoms with Gasteiger partial charge in [-0.05, 0) is 56.9 Å². The molecule has 9 heteroatoms. The van der Waals surface area contributed by atoms with Crippen molar-refractivity contribution in [1.29, 1.82) is 0 Å². The number of amides is 2. The predicted octanol–water partition coefficient (Wildman–Crippen LogP) is 4.24. The van der Waals surface area contributed by atoms with E-state index in [4.69, 9.17) is 14.2 Å². The van der Waals surface area contributed by atoms with Crippen LogP contribution in [-0.4, -0.2) is 61.1 Å². The summed E-state index contributed by atoms with van der Waals surface area (Å²) >= 11 is 0. The van der Waals surface area contributed by atoms with Gasteiger partial charge in [0.15, 0.2) is 0 Å². The average Bonchev–Trinajstić information content (AvgIpc) is 2.93. The number of hydrogen-bond donors (Lipinski definition) is 1. The number of esters is 2. The number of carbonyl (C=O) groups excluding carboxylic acids is 4. The lowest BCUT2D eigenvalue weighted by molar-refractivity contribution is -0.157. The molecule has 0 unspecified atom stereocenters. The van der Waals surface area contributed by atoms with Gasteiger partial charge in [-0.1, -0.05) is 48.5 Å². The summed E-state index contributed by atoms with van der Waals surface area (Å²) in [4.78, 5) is 53.4. The Bertz CT molecular complexity index is 1160. The molecule has 0 aliphatic rings. The van der Waals surface area contributed by atoms with Crippen molar-refractivity contribution < 1.29 is 33.4 Å². The number of carbonyl (C=O) groups is 4. The number of benzene rings is 2. The number of ether oxygens (including phenoxy) is 3. The average molecular weight is 567 g/mol. The van der Waals surface area contributed by atoms with Gasteiger partial charge < -0.3 is 24.4 Å². The Balaban J connectivity index is 2.13. The van der Waals surface area contributed by atoms with Crippen molar-refractivity contribution in [2.24, 2.45) is 5.92 Å². The lowest BCUT2D eigenvalue weighted by Gasteiger charge is -2.25. The fourth-order valence-electron chi connectivity index (χ4n) is 4.21. The summed E-state index contributed by atoms with van der Waals surface area (Å²) in [5, 5.41) is 2.72. The highest BCUT2D eigenvalue weighted by Gasteiger charge is 2.30. The maximum absolute atomic E-state index is 13.4. The van der Waals surface area contributed by atoms with E-state index >= 15 is 0 Å². The fraction of sp³-hybridized carbons (Fsp3) is 0.438. The van der Waals surface area contributed by atoms with Crippen molar-refractivity contribution in [2.75, 3.05) is 20.8 Å². The van der Waals surface area contributed by atoms with Gasteiger partial charge in [-0.15, -0.1) is 6.58 Å². The first kappa shape index (κ1) is 33.1. The van der Waals surface area contributed by atoms with E-state index in [-0.39, 0.29) is 31.6 Å². The first-order valence-electron chi connectivity index (χ1n) is 13.6. The normalized spacial score (nSPS) is 12.4. The molecule has 2 aromatic rings. The van der Waals surface area contributed by atoms with Crippen LogP contribution in [0.25, 0.3) is 0 Å². The molecule has 0 aliphatic carbocycles. The second-order valence-electron chi connectivity index (χ2n) is 10.7. The molecule has 0 aliphatic heterocycles. The molecule has 0 spiro atoms. The molecule has 0 saturated carbocycles. The number of methoxy groups -OCH3 is 2. The summed E-state index contributed by atoms with van der Waals surface area (Å²) in [6, 6.07) is 15.6. The molecule has 0 fully saturated rings. The molecule has 0 bridgehead atoms. The molecule has 0 heterocycles. The van der Waals surface area contributed by atoms with Crippen LogP contribution in [0, 0.1) is 5.92 Å². The van der Waals surface area contributed by atoms with E-state index in [0.717, 1.165) is 11.1 Å². The quantitative estimate of drug-likeness (QED) is 0.254. The second-order valence-corrected chi connectivity index (χ2v) is 10.7. The van der Waals surface area contributed by atoms with Gasteiger partial charge in [-0.3, -0.25) is 14.4 Å². The molecule has 2 rings (SSSR count). The summed E-state index contributed by atoms with van der Waals surface area (Å²) in [5.74, 6) is -1.97. The number of nitrogens with one attached hydrogen (secondary N) is 1. The van der Waals surface area contributed by atoms with E-state index < -0.39 is 35.4 Å². The Morgan fingerprint density at radius 1 is 0.976 bits per heavy atom. The lowest BCUT2D eigenvalue weighted by Crippen LogP contribution is -2.46. The maximum atomic E-state index is 13.4. The summed E-state index contributed by atoms with van der Waals surface area (Å²) in [6.07, 6.45) is 1.75. The molecule has 0 radical (unpaired) electrons. The Hall–Kier alpha value is -4.14. The standard InChI is InChI=1S/C32H42N2O7/c1-7-19-34(22-24-13-15-26(39-5)16-14-24)28(35)18-17-27(31(38)40-6)33-30(37)25(20-23-11-9-8-10-12-23)21-29(36)41-32(2,3)4/h7-16,25,27H,1,17-22H2,2-6H3,(H,33,37)/t25-,27-/m0/s1. The zero-order valence-electron chi connectivity index (χ0n) is 24.7. The molecule has 2 amide bonds. The van der Waals surface area contributed by atoms with Gasteiger partial charge in [0.2, 0.25) is 11.8 Å². The molecular formula is C32H42N2O7. The Labute approximate surface area is 242 Å². The Morgan fingerprint density at radius 2 is 1.63 bits per heavy atom. The second kappa shape index (κ2) is 16.2. The monoisotopic (exact) mass is 566 g/mol. The van der Waals surface area contributed by atoms with Crippen LogP contribution in [0.15, 0.2) is 67.3 Å². The molecule has 2 aromatic carbocycles. The third-order valence-electron chi connectivity index (χ3n) is 6.21. The summed E-state index contributed by atoms with van der Waals surface area (Å²) in [5.41, 5.74) is 1.06. The highest BCUT2D eigenvalue weighted by atomic mass is 16.6. The first-order valence-corrected chi connectivity index (χ1v) is 13.6. The van der Waals surface area contributed by atoms with E-state index in [0.29, 0.717) is 18.8 Å². The number of nitrogens with zero attached hydrogens (tertiary/aromatic N) is 1. The van der Waals surface area contributed by atoms with E-state index in [2.05, 4.69) is 11.9 Å². The number of rotatable bonds is 15. The highest BCUT2D eigenvalue weighted by molar-refractivity contribution is 5.88. The van der Waals surface area contributed by atoms with Gasteiger partial charge in [-0.25, -0.2) is 4.79 Å². The molecule has 1 N–H and O–H groups in total. The van der Waals surface area contributed by atoms with Crippen LogP contribution in [-0.2, 0) is 41.6 Å². The molecule has 2 atom stereocenters. The SMILES string of the molecule is C=CCN(Cc1ccc(OC)cc1)C(=O)CC[C@H](NC(=O)[C@H](CC(=O)OC(C)(C)C)Cc1ccccc1)C(=O)OC. The van der Waals surface area contributed by atoms with E-state index in [1.807, 2.05) is 54.6 Å². The molecule has 9 nitrogen and oxygen atoms in total. The van der Waals surface area contributed by atoms with Crippen LogP contribution in [0.5, 0.6) is 5.75 Å². The van der Waals surface area contributed by atoms with E-state index in [1.165, 1.54) is 7.11 Å². The lowest BCUT2D eigenvalue weighted by atomic mass is 9.94. The van der Waals surface area contributed by atoms with Gasteiger partial charge in [0, 0.05) is 19.5 Å². The minimum absolute atomic E-state index is 0.0144. The molecule has 222 valence electrons. The van der Waals surface area contributed by atoms with Gasteiger partial charge in [0.25, 0.3) is 0 Å². The van der Waals surface area contributed by atoms with Crippen LogP contribution in [0.2, 0.25) is 0 Å². The largest absolute Gasteiger partial charge is 0.497 e.